The van der Waals surface area contributed by atoms with E-state index < -0.39 is 0 Å². The van der Waals surface area contributed by atoms with Gasteiger partial charge in [0.2, 0.25) is 0 Å². The molecule has 6 nitrogen and oxygen atoms in total. The SMILES string of the molecule is Cc1cccnc1CN(CCCCN=C(N)N)Cc1ncccc1C. The van der Waals surface area contributed by atoms with Crippen LogP contribution in [0.25, 0.3) is 0 Å². The van der Waals surface area contributed by atoms with Gasteiger partial charge >= 0.3 is 0 Å². The van der Waals surface area contributed by atoms with Crippen LogP contribution in [0.5, 0.6) is 0 Å². The molecule has 2 aromatic heterocycles. The lowest BCUT2D eigenvalue weighted by molar-refractivity contribution is 0.245. The van der Waals surface area contributed by atoms with Gasteiger partial charge in [0.15, 0.2) is 5.96 Å². The highest BCUT2D eigenvalue weighted by atomic mass is 15.1. The number of nitrogens with two attached hydrogens (primary N) is 2. The molecule has 0 amide bonds. The van der Waals surface area contributed by atoms with Crippen molar-refractivity contribution in [1.29, 1.82) is 0 Å². The van der Waals surface area contributed by atoms with Crippen molar-refractivity contribution >= 4 is 5.96 Å². The summed E-state index contributed by atoms with van der Waals surface area (Å²) < 4.78 is 0. The third kappa shape index (κ3) is 6.51. The number of hydrogen-bond donors (Lipinski definition) is 2. The van der Waals surface area contributed by atoms with E-state index in [0.717, 1.165) is 43.9 Å². The first-order valence-corrected chi connectivity index (χ1v) is 8.65. The molecule has 0 saturated carbocycles. The van der Waals surface area contributed by atoms with E-state index in [1.54, 1.807) is 0 Å². The molecule has 0 atom stereocenters. The van der Waals surface area contributed by atoms with E-state index in [9.17, 15) is 0 Å². The fraction of sp³-hybridized carbons (Fsp3) is 0.421. The lowest BCUT2D eigenvalue weighted by Gasteiger charge is -2.23. The Hall–Kier alpha value is -2.47. The van der Waals surface area contributed by atoms with Gasteiger partial charge in [-0.05, 0) is 56.5 Å². The zero-order chi connectivity index (χ0) is 18.1. The van der Waals surface area contributed by atoms with Crippen LogP contribution in [-0.4, -0.2) is 33.9 Å². The molecule has 4 N–H and O–H groups in total. The summed E-state index contributed by atoms with van der Waals surface area (Å²) in [5.41, 5.74) is 15.4. The van der Waals surface area contributed by atoms with Crippen LogP contribution < -0.4 is 11.5 Å². The molecule has 0 fully saturated rings. The first-order chi connectivity index (χ1) is 12.1. The minimum atomic E-state index is 0.157. The van der Waals surface area contributed by atoms with Gasteiger partial charge in [-0.2, -0.15) is 0 Å². The Morgan fingerprint density at radius 3 is 2.00 bits per heavy atom. The molecule has 0 spiro atoms. The second kappa shape index (κ2) is 9.74. The quantitative estimate of drug-likeness (QED) is 0.414. The summed E-state index contributed by atoms with van der Waals surface area (Å²) in [6.07, 6.45) is 5.68. The smallest absolute Gasteiger partial charge is 0.185 e. The molecule has 0 aliphatic carbocycles. The predicted molar refractivity (Wildman–Crippen MR) is 102 cm³/mol. The van der Waals surface area contributed by atoms with Crippen molar-refractivity contribution in [3.63, 3.8) is 0 Å². The lowest BCUT2D eigenvalue weighted by Crippen LogP contribution is -2.26. The number of aromatic nitrogens is 2. The molecule has 2 aromatic rings. The maximum atomic E-state index is 5.37. The fourth-order valence-electron chi connectivity index (χ4n) is 2.66. The molecule has 6 heteroatoms. The van der Waals surface area contributed by atoms with Crippen LogP contribution in [0.15, 0.2) is 41.7 Å². The number of unbranched alkanes of at least 4 members (excludes halogenated alkanes) is 1. The Labute approximate surface area is 150 Å². The van der Waals surface area contributed by atoms with Gasteiger partial charge in [0.1, 0.15) is 0 Å². The van der Waals surface area contributed by atoms with Crippen LogP contribution in [0.2, 0.25) is 0 Å². The Morgan fingerprint density at radius 2 is 1.52 bits per heavy atom. The summed E-state index contributed by atoms with van der Waals surface area (Å²) in [5, 5.41) is 0. The van der Waals surface area contributed by atoms with Gasteiger partial charge in [0.05, 0.1) is 11.4 Å². The highest BCUT2D eigenvalue weighted by molar-refractivity contribution is 5.75. The number of guanidine groups is 1. The monoisotopic (exact) mass is 340 g/mol. The molecule has 0 bridgehead atoms. The summed E-state index contributed by atoms with van der Waals surface area (Å²) in [6.45, 7) is 7.44. The van der Waals surface area contributed by atoms with E-state index in [0.29, 0.717) is 6.54 Å². The van der Waals surface area contributed by atoms with Gasteiger partial charge in [-0.1, -0.05) is 12.1 Å². The Balaban J connectivity index is 2.01. The first-order valence-electron chi connectivity index (χ1n) is 8.65. The average molecular weight is 340 g/mol. The highest BCUT2D eigenvalue weighted by Crippen LogP contribution is 2.13. The second-order valence-corrected chi connectivity index (χ2v) is 6.26. The van der Waals surface area contributed by atoms with Crippen LogP contribution in [0.1, 0.15) is 35.4 Å². The van der Waals surface area contributed by atoms with Crippen LogP contribution in [0.4, 0.5) is 0 Å². The molecule has 0 aliphatic rings. The van der Waals surface area contributed by atoms with Crippen molar-refractivity contribution < 1.29 is 0 Å². The summed E-state index contributed by atoms with van der Waals surface area (Å²) in [5.74, 6) is 0.157. The van der Waals surface area contributed by atoms with Crippen molar-refractivity contribution in [2.75, 3.05) is 13.1 Å². The highest BCUT2D eigenvalue weighted by Gasteiger charge is 2.11. The molecule has 0 radical (unpaired) electrons. The van der Waals surface area contributed by atoms with Crippen molar-refractivity contribution in [2.45, 2.75) is 39.8 Å². The van der Waals surface area contributed by atoms with Crippen molar-refractivity contribution in [3.8, 4) is 0 Å². The van der Waals surface area contributed by atoms with Crippen LogP contribution >= 0.6 is 0 Å². The van der Waals surface area contributed by atoms with E-state index in [-0.39, 0.29) is 5.96 Å². The normalized spacial score (nSPS) is 10.8. The van der Waals surface area contributed by atoms with E-state index in [1.807, 2.05) is 24.5 Å². The molecule has 0 aliphatic heterocycles. The third-order valence-corrected chi connectivity index (χ3v) is 4.16. The van der Waals surface area contributed by atoms with Gasteiger partial charge < -0.3 is 11.5 Å². The predicted octanol–water partition coefficient (Wildman–Crippen LogP) is 2.15. The topological polar surface area (TPSA) is 93.4 Å². The van der Waals surface area contributed by atoms with Gasteiger partial charge in [0.25, 0.3) is 0 Å². The van der Waals surface area contributed by atoms with E-state index in [4.69, 9.17) is 11.5 Å². The largest absolute Gasteiger partial charge is 0.370 e. The first kappa shape index (κ1) is 18.9. The Kier molecular flexibility index (Phi) is 7.35. The van der Waals surface area contributed by atoms with Gasteiger partial charge in [-0.3, -0.25) is 19.9 Å². The van der Waals surface area contributed by atoms with E-state index >= 15 is 0 Å². The zero-order valence-corrected chi connectivity index (χ0v) is 15.2. The molecule has 2 rings (SSSR count). The molecular weight excluding hydrogens is 312 g/mol. The minimum Gasteiger partial charge on any atom is -0.370 e. The number of aliphatic imine (C=N–C) groups is 1. The molecule has 25 heavy (non-hydrogen) atoms. The Bertz CT molecular complexity index is 646. The molecule has 0 aromatic carbocycles. The standard InChI is InChI=1S/C19H28N6/c1-15-7-5-10-22-17(15)13-25(12-4-3-9-24-19(20)21)14-18-16(2)8-6-11-23-18/h5-8,10-11H,3-4,9,12-14H2,1-2H3,(H4,20,21,24). The number of nitrogens with zero attached hydrogens (tertiary/aromatic N) is 4. The maximum Gasteiger partial charge on any atom is 0.185 e. The summed E-state index contributed by atoms with van der Waals surface area (Å²) >= 11 is 0. The fourth-order valence-corrected chi connectivity index (χ4v) is 2.66. The zero-order valence-electron chi connectivity index (χ0n) is 15.2. The molecule has 0 saturated heterocycles. The number of hydrogen-bond acceptors (Lipinski definition) is 4. The minimum absolute atomic E-state index is 0.157. The summed E-state index contributed by atoms with van der Waals surface area (Å²) in [7, 11) is 0. The van der Waals surface area contributed by atoms with Gasteiger partial charge in [-0.15, -0.1) is 0 Å². The maximum absolute atomic E-state index is 5.37. The summed E-state index contributed by atoms with van der Waals surface area (Å²) in [6, 6.07) is 8.15. The van der Waals surface area contributed by atoms with E-state index in [2.05, 4.69) is 45.8 Å². The Morgan fingerprint density at radius 1 is 0.960 bits per heavy atom. The number of pyridine rings is 2. The van der Waals surface area contributed by atoms with Gasteiger partial charge in [-0.25, -0.2) is 0 Å². The lowest BCUT2D eigenvalue weighted by atomic mass is 10.1. The molecule has 0 unspecified atom stereocenters. The van der Waals surface area contributed by atoms with Crippen LogP contribution in [0.3, 0.4) is 0 Å². The van der Waals surface area contributed by atoms with Crippen LogP contribution in [0, 0.1) is 13.8 Å². The van der Waals surface area contributed by atoms with E-state index in [1.165, 1.54) is 11.1 Å². The van der Waals surface area contributed by atoms with Gasteiger partial charge in [0, 0.05) is 32.0 Å². The molecule has 134 valence electrons. The van der Waals surface area contributed by atoms with Crippen molar-refractivity contribution in [1.82, 2.24) is 14.9 Å². The summed E-state index contributed by atoms with van der Waals surface area (Å²) in [4.78, 5) is 15.5. The number of aryl methyl sites for hydroxylation is 2. The molecule has 2 heterocycles. The molecular formula is C19H28N6. The van der Waals surface area contributed by atoms with Crippen LogP contribution in [-0.2, 0) is 13.1 Å². The van der Waals surface area contributed by atoms with Crippen molar-refractivity contribution in [2.24, 2.45) is 16.5 Å². The third-order valence-electron chi connectivity index (χ3n) is 4.16. The average Bonchev–Trinajstić information content (AvgIpc) is 2.58. The number of rotatable bonds is 9. The van der Waals surface area contributed by atoms with Crippen molar-refractivity contribution in [3.05, 3.63) is 59.2 Å². The second-order valence-electron chi connectivity index (χ2n) is 6.26.